The van der Waals surface area contributed by atoms with Crippen molar-refractivity contribution >= 4 is 11.8 Å². The van der Waals surface area contributed by atoms with Gasteiger partial charge in [-0.1, -0.05) is 6.92 Å². The Kier molecular flexibility index (Phi) is 7.82. The van der Waals surface area contributed by atoms with Crippen LogP contribution in [-0.4, -0.2) is 91.1 Å². The maximum atomic E-state index is 9.84. The molecule has 0 aromatic rings. The van der Waals surface area contributed by atoms with E-state index in [9.17, 15) is 25.5 Å². The molecule has 0 aromatic heterocycles. The SMILES string of the molecule is CC[C@@H](O)[C@@H](O)[C@@H](N)CS[C@@H]1OC(CO)[C@H](O)[C@H](O)C1O. The first kappa shape index (κ1) is 19.1. The van der Waals surface area contributed by atoms with Crippen LogP contribution in [0, 0.1) is 0 Å². The van der Waals surface area contributed by atoms with Crippen molar-refractivity contribution in [1.29, 1.82) is 0 Å². The van der Waals surface area contributed by atoms with Crippen LogP contribution >= 0.6 is 11.8 Å². The number of aliphatic hydroxyl groups is 6. The third-order valence-electron chi connectivity index (χ3n) is 3.55. The highest BCUT2D eigenvalue weighted by atomic mass is 32.2. The molecule has 0 bridgehead atoms. The molecular formula is C12H25NO7S. The number of aliphatic hydroxyl groups excluding tert-OH is 6. The number of hydrogen-bond acceptors (Lipinski definition) is 9. The molecule has 1 rings (SSSR count). The first-order valence-corrected chi connectivity index (χ1v) is 7.92. The van der Waals surface area contributed by atoms with Gasteiger partial charge in [-0.05, 0) is 6.42 Å². The molecule has 0 spiro atoms. The number of ether oxygens (including phenoxy) is 1. The van der Waals surface area contributed by atoms with Gasteiger partial charge in [0, 0.05) is 11.8 Å². The molecule has 0 amide bonds. The number of rotatable bonds is 7. The summed E-state index contributed by atoms with van der Waals surface area (Å²) in [5, 5.41) is 57.5. The van der Waals surface area contributed by atoms with E-state index < -0.39 is 54.7 Å². The second kappa shape index (κ2) is 8.61. The number of hydrogen-bond donors (Lipinski definition) is 7. The summed E-state index contributed by atoms with van der Waals surface area (Å²) in [6, 6.07) is -0.739. The van der Waals surface area contributed by atoms with Crippen molar-refractivity contribution in [2.75, 3.05) is 12.4 Å². The molecule has 8 N–H and O–H groups in total. The monoisotopic (exact) mass is 327 g/mol. The molecule has 0 saturated carbocycles. The molecule has 1 saturated heterocycles. The second-order valence-corrected chi connectivity index (χ2v) is 6.29. The Morgan fingerprint density at radius 1 is 1.14 bits per heavy atom. The molecule has 1 fully saturated rings. The van der Waals surface area contributed by atoms with Gasteiger partial charge in [-0.2, -0.15) is 0 Å². The zero-order chi connectivity index (χ0) is 16.2. The van der Waals surface area contributed by atoms with E-state index in [1.807, 2.05) is 0 Å². The van der Waals surface area contributed by atoms with Gasteiger partial charge in [0.25, 0.3) is 0 Å². The van der Waals surface area contributed by atoms with Crippen LogP contribution in [0.15, 0.2) is 0 Å². The van der Waals surface area contributed by atoms with Crippen LogP contribution in [0.5, 0.6) is 0 Å². The molecule has 8 atom stereocenters. The first-order valence-electron chi connectivity index (χ1n) is 6.87. The largest absolute Gasteiger partial charge is 0.394 e. The molecule has 9 heteroatoms. The lowest BCUT2D eigenvalue weighted by molar-refractivity contribution is -0.205. The van der Waals surface area contributed by atoms with Crippen molar-refractivity contribution in [1.82, 2.24) is 0 Å². The summed E-state index contributed by atoms with van der Waals surface area (Å²) in [7, 11) is 0. The topological polar surface area (TPSA) is 157 Å². The maximum Gasteiger partial charge on any atom is 0.132 e. The van der Waals surface area contributed by atoms with Crippen molar-refractivity contribution in [3.63, 3.8) is 0 Å². The van der Waals surface area contributed by atoms with Crippen molar-refractivity contribution in [2.45, 2.75) is 61.4 Å². The van der Waals surface area contributed by atoms with Gasteiger partial charge in [-0.15, -0.1) is 11.8 Å². The van der Waals surface area contributed by atoms with Crippen molar-refractivity contribution < 1.29 is 35.4 Å². The van der Waals surface area contributed by atoms with E-state index in [1.54, 1.807) is 6.92 Å². The number of thioether (sulfide) groups is 1. The minimum Gasteiger partial charge on any atom is -0.394 e. The van der Waals surface area contributed by atoms with Crippen LogP contribution in [0.3, 0.4) is 0 Å². The Morgan fingerprint density at radius 2 is 1.76 bits per heavy atom. The van der Waals surface area contributed by atoms with E-state index in [1.165, 1.54) is 0 Å². The van der Waals surface area contributed by atoms with Gasteiger partial charge in [-0.25, -0.2) is 0 Å². The third-order valence-corrected chi connectivity index (χ3v) is 4.85. The van der Waals surface area contributed by atoms with E-state index in [0.29, 0.717) is 6.42 Å². The van der Waals surface area contributed by atoms with Crippen molar-refractivity contribution in [3.8, 4) is 0 Å². The summed E-state index contributed by atoms with van der Waals surface area (Å²) in [6.45, 7) is 1.22. The zero-order valence-electron chi connectivity index (χ0n) is 11.8. The van der Waals surface area contributed by atoms with Gasteiger partial charge in [0.15, 0.2) is 0 Å². The highest BCUT2D eigenvalue weighted by molar-refractivity contribution is 7.99. The van der Waals surface area contributed by atoms with E-state index in [0.717, 1.165) is 11.8 Å². The van der Waals surface area contributed by atoms with Crippen LogP contribution in [0.1, 0.15) is 13.3 Å². The van der Waals surface area contributed by atoms with Crippen LogP contribution < -0.4 is 5.73 Å². The predicted octanol–water partition coefficient (Wildman–Crippen LogP) is -3.02. The summed E-state index contributed by atoms with van der Waals surface area (Å²) in [5.74, 6) is 0.168. The maximum absolute atomic E-state index is 9.84. The summed E-state index contributed by atoms with van der Waals surface area (Å²) in [4.78, 5) is 0. The molecular weight excluding hydrogens is 302 g/mol. The Labute approximate surface area is 127 Å². The molecule has 0 aromatic carbocycles. The fourth-order valence-corrected chi connectivity index (χ4v) is 3.23. The van der Waals surface area contributed by atoms with E-state index in [2.05, 4.69) is 0 Å². The summed E-state index contributed by atoms with van der Waals surface area (Å²) < 4.78 is 5.30. The molecule has 0 aliphatic carbocycles. The van der Waals surface area contributed by atoms with Crippen LogP contribution in [0.4, 0.5) is 0 Å². The second-order valence-electron chi connectivity index (χ2n) is 5.16. The normalized spacial score (nSPS) is 38.0. The van der Waals surface area contributed by atoms with E-state index >= 15 is 0 Å². The Balaban J connectivity index is 2.53. The van der Waals surface area contributed by atoms with Crippen LogP contribution in [0.25, 0.3) is 0 Å². The predicted molar refractivity (Wildman–Crippen MR) is 76.5 cm³/mol. The lowest BCUT2D eigenvalue weighted by atomic mass is 10.0. The Bertz CT molecular complexity index is 309. The number of nitrogens with two attached hydrogens (primary N) is 1. The minimum absolute atomic E-state index is 0.168. The van der Waals surface area contributed by atoms with Gasteiger partial charge < -0.3 is 41.1 Å². The molecule has 8 nitrogen and oxygen atoms in total. The highest BCUT2D eigenvalue weighted by Gasteiger charge is 2.43. The molecule has 1 aliphatic rings. The average Bonchev–Trinajstić information content (AvgIpc) is 2.50. The third kappa shape index (κ3) is 4.75. The Hall–Kier alpha value is 0.0300. The van der Waals surface area contributed by atoms with Crippen LogP contribution in [0.2, 0.25) is 0 Å². The smallest absolute Gasteiger partial charge is 0.132 e. The zero-order valence-corrected chi connectivity index (χ0v) is 12.6. The van der Waals surface area contributed by atoms with Gasteiger partial charge >= 0.3 is 0 Å². The lowest BCUT2D eigenvalue weighted by Gasteiger charge is -2.40. The van der Waals surface area contributed by atoms with Crippen LogP contribution in [-0.2, 0) is 4.74 Å². The molecule has 21 heavy (non-hydrogen) atoms. The molecule has 1 heterocycles. The molecule has 2 unspecified atom stereocenters. The van der Waals surface area contributed by atoms with E-state index in [4.69, 9.17) is 15.6 Å². The average molecular weight is 327 g/mol. The summed E-state index contributed by atoms with van der Waals surface area (Å²) >= 11 is 1.04. The lowest BCUT2D eigenvalue weighted by Crippen LogP contribution is -2.58. The molecule has 0 radical (unpaired) electrons. The minimum atomic E-state index is -1.43. The quantitative estimate of drug-likeness (QED) is 0.258. The fraction of sp³-hybridized carbons (Fsp3) is 1.00. The highest BCUT2D eigenvalue weighted by Crippen LogP contribution is 2.29. The van der Waals surface area contributed by atoms with Crippen molar-refractivity contribution in [3.05, 3.63) is 0 Å². The van der Waals surface area contributed by atoms with Gasteiger partial charge in [-0.3, -0.25) is 0 Å². The summed E-state index contributed by atoms with van der Waals surface area (Å²) in [5.41, 5.74) is 4.86. The first-order chi connectivity index (χ1) is 9.83. The van der Waals surface area contributed by atoms with Gasteiger partial charge in [0.1, 0.15) is 29.9 Å². The fourth-order valence-electron chi connectivity index (χ4n) is 2.04. The van der Waals surface area contributed by atoms with Gasteiger partial charge in [0.2, 0.25) is 0 Å². The standard InChI is InChI=1S/C12H25NO7S/c1-2-6(15)8(16)5(13)4-21-12-11(19)10(18)9(17)7(3-14)20-12/h5-12,14-19H,2-4,13H2,1H3/t5-,6+,7?,8-,9-,10-,11?,12-/m0/s1. The molecule has 126 valence electrons. The Morgan fingerprint density at radius 3 is 2.29 bits per heavy atom. The summed E-state index contributed by atoms with van der Waals surface area (Å²) in [6.07, 6.45) is -6.82. The molecule has 1 aliphatic heterocycles. The van der Waals surface area contributed by atoms with Crippen molar-refractivity contribution in [2.24, 2.45) is 5.73 Å². The van der Waals surface area contributed by atoms with E-state index in [-0.39, 0.29) is 5.75 Å². The van der Waals surface area contributed by atoms with Gasteiger partial charge in [0.05, 0.1) is 18.8 Å².